The van der Waals surface area contributed by atoms with Crippen molar-refractivity contribution in [2.45, 2.75) is 38.3 Å². The third kappa shape index (κ3) is 2.96. The largest absolute Gasteiger partial charge is 0.338 e. The molecule has 1 saturated carbocycles. The summed E-state index contributed by atoms with van der Waals surface area (Å²) in [6, 6.07) is 7.65. The van der Waals surface area contributed by atoms with E-state index in [-0.39, 0.29) is 11.9 Å². The van der Waals surface area contributed by atoms with Crippen LogP contribution in [0.2, 0.25) is 0 Å². The Labute approximate surface area is 191 Å². The molecule has 0 spiro atoms. The van der Waals surface area contributed by atoms with E-state index in [0.717, 1.165) is 52.1 Å². The summed E-state index contributed by atoms with van der Waals surface area (Å²) in [5, 5.41) is 5.13. The van der Waals surface area contributed by atoms with Crippen LogP contribution >= 0.6 is 0 Å². The lowest BCUT2D eigenvalue weighted by atomic mass is 10.0. The number of rotatable bonds is 3. The first kappa shape index (κ1) is 19.7. The highest BCUT2D eigenvalue weighted by atomic mass is 16.2. The number of likely N-dealkylation sites (N-methyl/N-ethyl adjacent to an activating group) is 1. The van der Waals surface area contributed by atoms with Crippen LogP contribution in [0, 0.1) is 6.57 Å². The fourth-order valence-electron chi connectivity index (χ4n) is 4.88. The number of pyridine rings is 1. The molecule has 3 aromatic heterocycles. The molecule has 1 aliphatic heterocycles. The minimum atomic E-state index is -0.264. The standard InChI is InChI=1S/C25H23N7O/c1-14-25(33)30(3)13-21-23(29-24(32(14)21)15-8-9-15)17-6-5-7-19-18(17)10-20(26-2)22(28-19)16-11-27-31(4)12-16/h5-7,10-12,14-15H,8-9,13H2,1,3-4H3. The molecule has 4 heterocycles. The molecule has 2 aliphatic rings. The average Bonchev–Trinajstić information content (AvgIpc) is 3.47. The molecule has 1 atom stereocenters. The summed E-state index contributed by atoms with van der Waals surface area (Å²) in [4.78, 5) is 28.2. The van der Waals surface area contributed by atoms with Crippen LogP contribution in [0.3, 0.4) is 0 Å². The smallest absolute Gasteiger partial charge is 0.245 e. The van der Waals surface area contributed by atoms with Gasteiger partial charge in [-0.2, -0.15) is 5.10 Å². The van der Waals surface area contributed by atoms with E-state index in [1.54, 1.807) is 15.8 Å². The van der Waals surface area contributed by atoms with Crippen molar-refractivity contribution in [3.63, 3.8) is 0 Å². The molecule has 8 nitrogen and oxygen atoms in total. The highest BCUT2D eigenvalue weighted by Gasteiger charge is 2.38. The second-order valence-corrected chi connectivity index (χ2v) is 9.02. The van der Waals surface area contributed by atoms with Crippen molar-refractivity contribution in [1.82, 2.24) is 29.2 Å². The first-order chi connectivity index (χ1) is 16.0. The number of carbonyl (C=O) groups excluding carboxylic acids is 1. The van der Waals surface area contributed by atoms with E-state index in [1.165, 1.54) is 0 Å². The van der Waals surface area contributed by atoms with Crippen molar-refractivity contribution in [3.05, 3.63) is 59.6 Å². The van der Waals surface area contributed by atoms with Crippen LogP contribution in [0.1, 0.15) is 43.2 Å². The molecule has 0 saturated heterocycles. The molecule has 1 aromatic carbocycles. The summed E-state index contributed by atoms with van der Waals surface area (Å²) in [6.07, 6.45) is 5.82. The van der Waals surface area contributed by atoms with Crippen LogP contribution in [-0.4, -0.2) is 42.2 Å². The summed E-state index contributed by atoms with van der Waals surface area (Å²) >= 11 is 0. The van der Waals surface area contributed by atoms with Crippen LogP contribution in [0.25, 0.3) is 38.3 Å². The number of amides is 1. The molecule has 1 aliphatic carbocycles. The number of fused-ring (bicyclic) bond motifs is 2. The zero-order valence-corrected chi connectivity index (χ0v) is 18.8. The Morgan fingerprint density at radius 3 is 2.67 bits per heavy atom. The average molecular weight is 438 g/mol. The second-order valence-electron chi connectivity index (χ2n) is 9.02. The maximum Gasteiger partial charge on any atom is 0.245 e. The molecule has 6 rings (SSSR count). The van der Waals surface area contributed by atoms with E-state index in [1.807, 2.05) is 51.5 Å². The topological polar surface area (TPSA) is 73.2 Å². The van der Waals surface area contributed by atoms with Crippen LogP contribution in [0.4, 0.5) is 5.69 Å². The van der Waals surface area contributed by atoms with Gasteiger partial charge in [-0.15, -0.1) is 0 Å². The molecular formula is C25H23N7O. The third-order valence-corrected chi connectivity index (χ3v) is 6.68. The van der Waals surface area contributed by atoms with Crippen molar-refractivity contribution < 1.29 is 4.79 Å². The minimum Gasteiger partial charge on any atom is -0.338 e. The summed E-state index contributed by atoms with van der Waals surface area (Å²) in [7, 11) is 3.69. The summed E-state index contributed by atoms with van der Waals surface area (Å²) in [5.74, 6) is 1.54. The molecule has 33 heavy (non-hydrogen) atoms. The number of imidazole rings is 1. The number of benzene rings is 1. The number of aryl methyl sites for hydroxylation is 1. The summed E-state index contributed by atoms with van der Waals surface area (Å²) in [6.45, 7) is 10.3. The molecule has 4 aromatic rings. The van der Waals surface area contributed by atoms with E-state index in [9.17, 15) is 4.79 Å². The number of hydrogen-bond donors (Lipinski definition) is 0. The quantitative estimate of drug-likeness (QED) is 0.444. The number of nitrogens with zero attached hydrogens (tertiary/aromatic N) is 7. The Morgan fingerprint density at radius 2 is 1.97 bits per heavy atom. The van der Waals surface area contributed by atoms with Gasteiger partial charge in [0, 0.05) is 37.3 Å². The molecule has 164 valence electrons. The molecule has 0 radical (unpaired) electrons. The fourth-order valence-corrected chi connectivity index (χ4v) is 4.88. The van der Waals surface area contributed by atoms with Gasteiger partial charge >= 0.3 is 0 Å². The molecule has 0 N–H and O–H groups in total. The van der Waals surface area contributed by atoms with Gasteiger partial charge in [-0.3, -0.25) is 14.5 Å². The SMILES string of the molecule is [C-]#[N+]c1cc2c(-c3nc(C4CC4)n4c3CN(C)C(=O)C4C)cccc2nc1-c1cnn(C)c1. The first-order valence-corrected chi connectivity index (χ1v) is 11.1. The molecule has 1 amide bonds. The molecule has 8 heteroatoms. The Kier molecular flexibility index (Phi) is 4.18. The van der Waals surface area contributed by atoms with E-state index in [0.29, 0.717) is 23.8 Å². The lowest BCUT2D eigenvalue weighted by Gasteiger charge is -2.31. The number of carbonyl (C=O) groups is 1. The van der Waals surface area contributed by atoms with Crippen molar-refractivity contribution in [2.24, 2.45) is 7.05 Å². The van der Waals surface area contributed by atoms with Gasteiger partial charge < -0.3 is 9.47 Å². The molecule has 1 fully saturated rings. The fraction of sp³-hybridized carbons (Fsp3) is 0.320. The monoisotopic (exact) mass is 437 g/mol. The normalized spacial score (nSPS) is 17.9. The first-order valence-electron chi connectivity index (χ1n) is 11.1. The summed E-state index contributed by atoms with van der Waals surface area (Å²) in [5.41, 5.74) is 5.64. The Hall–Kier alpha value is -3.99. The maximum absolute atomic E-state index is 12.7. The van der Waals surface area contributed by atoms with Gasteiger partial charge in [-0.1, -0.05) is 12.1 Å². The van der Waals surface area contributed by atoms with Crippen LogP contribution in [0.5, 0.6) is 0 Å². The third-order valence-electron chi connectivity index (χ3n) is 6.68. The molecule has 0 bridgehead atoms. The van der Waals surface area contributed by atoms with E-state index < -0.39 is 0 Å². The van der Waals surface area contributed by atoms with Crippen molar-refractivity contribution in [1.29, 1.82) is 0 Å². The zero-order chi connectivity index (χ0) is 22.9. The van der Waals surface area contributed by atoms with Crippen LogP contribution < -0.4 is 0 Å². The Balaban J connectivity index is 1.59. The highest BCUT2D eigenvalue weighted by Crippen LogP contribution is 2.45. The van der Waals surface area contributed by atoms with Crippen molar-refractivity contribution in [2.75, 3.05) is 7.05 Å². The molecule has 1 unspecified atom stereocenters. The van der Waals surface area contributed by atoms with Gasteiger partial charge in [0.15, 0.2) is 0 Å². The lowest BCUT2D eigenvalue weighted by molar-refractivity contribution is -0.135. The Bertz CT molecular complexity index is 1480. The molecular weight excluding hydrogens is 414 g/mol. The summed E-state index contributed by atoms with van der Waals surface area (Å²) < 4.78 is 3.86. The van der Waals surface area contributed by atoms with Crippen LogP contribution in [-0.2, 0) is 18.4 Å². The Morgan fingerprint density at radius 1 is 1.15 bits per heavy atom. The van der Waals surface area contributed by atoms with E-state index >= 15 is 0 Å². The van der Waals surface area contributed by atoms with E-state index in [2.05, 4.69) is 14.5 Å². The minimum absolute atomic E-state index is 0.115. The zero-order valence-electron chi connectivity index (χ0n) is 18.8. The van der Waals surface area contributed by atoms with Gasteiger partial charge in [-0.05, 0) is 37.3 Å². The van der Waals surface area contributed by atoms with Gasteiger partial charge in [0.2, 0.25) is 11.6 Å². The van der Waals surface area contributed by atoms with Gasteiger partial charge in [0.25, 0.3) is 0 Å². The van der Waals surface area contributed by atoms with Gasteiger partial charge in [-0.25, -0.2) is 9.83 Å². The maximum atomic E-state index is 12.7. The van der Waals surface area contributed by atoms with Crippen molar-refractivity contribution >= 4 is 22.5 Å². The van der Waals surface area contributed by atoms with Gasteiger partial charge in [0.05, 0.1) is 41.9 Å². The predicted molar refractivity (Wildman–Crippen MR) is 125 cm³/mol. The lowest BCUT2D eigenvalue weighted by Crippen LogP contribution is -2.39. The second kappa shape index (κ2) is 7.01. The number of aromatic nitrogens is 5. The highest BCUT2D eigenvalue weighted by molar-refractivity contribution is 5.99. The van der Waals surface area contributed by atoms with Crippen molar-refractivity contribution in [3.8, 4) is 22.5 Å². The van der Waals surface area contributed by atoms with E-state index in [4.69, 9.17) is 16.5 Å². The number of hydrogen-bond acceptors (Lipinski definition) is 4. The van der Waals surface area contributed by atoms with Gasteiger partial charge in [0.1, 0.15) is 11.9 Å². The predicted octanol–water partition coefficient (Wildman–Crippen LogP) is 4.46. The van der Waals surface area contributed by atoms with Crippen LogP contribution in [0.15, 0.2) is 36.7 Å².